The lowest BCUT2D eigenvalue weighted by atomic mass is 10.2. The number of benzene rings is 1. The summed E-state index contributed by atoms with van der Waals surface area (Å²) in [6.07, 6.45) is 0. The summed E-state index contributed by atoms with van der Waals surface area (Å²) in [5, 5.41) is 10.6. The number of anilines is 1. The van der Waals surface area contributed by atoms with Crippen LogP contribution in [0, 0.1) is 10.1 Å². The van der Waals surface area contributed by atoms with E-state index in [9.17, 15) is 14.9 Å². The minimum atomic E-state index is -0.670. The number of nitro groups is 1. The fraction of sp³-hybridized carbons (Fsp3) is 0.267. The molecule has 7 nitrogen and oxygen atoms in total. The van der Waals surface area contributed by atoms with Crippen LogP contribution in [0.1, 0.15) is 16.1 Å². The first kappa shape index (κ1) is 15.6. The van der Waals surface area contributed by atoms with Gasteiger partial charge in [-0.2, -0.15) is 0 Å². The third kappa shape index (κ3) is 3.43. The molecule has 116 valence electrons. The Bertz CT molecular complexity index is 676. The molecule has 2 aromatic rings. The third-order valence-electron chi connectivity index (χ3n) is 3.20. The van der Waals surface area contributed by atoms with E-state index in [1.165, 1.54) is 17.0 Å². The molecule has 1 amide bonds. The summed E-state index contributed by atoms with van der Waals surface area (Å²) in [5.41, 5.74) is 2.03. The van der Waals surface area contributed by atoms with Crippen LogP contribution in [0.5, 0.6) is 0 Å². The molecule has 0 atom stereocenters. The van der Waals surface area contributed by atoms with Crippen molar-refractivity contribution in [2.24, 2.45) is 0 Å². The van der Waals surface area contributed by atoms with Crippen LogP contribution in [0.2, 0.25) is 0 Å². The number of carbonyl (C=O) groups is 1. The minimum Gasteiger partial charge on any atom is -0.395 e. The van der Waals surface area contributed by atoms with Crippen molar-refractivity contribution in [3.8, 4) is 0 Å². The molecule has 0 aliphatic rings. The second-order valence-corrected chi connectivity index (χ2v) is 5.12. The Hall–Kier alpha value is -2.83. The zero-order chi connectivity index (χ0) is 16.3. The summed E-state index contributed by atoms with van der Waals surface area (Å²) in [6.45, 7) is 0.390. The molecule has 1 aromatic heterocycles. The van der Waals surface area contributed by atoms with Crippen molar-refractivity contribution >= 4 is 17.5 Å². The lowest BCUT2D eigenvalue weighted by molar-refractivity contribution is -0.402. The molecule has 7 heteroatoms. The maximum absolute atomic E-state index is 12.2. The molecule has 0 fully saturated rings. The normalized spacial score (nSPS) is 10.3. The Morgan fingerprint density at radius 1 is 1.14 bits per heavy atom. The lowest BCUT2D eigenvalue weighted by Crippen LogP contribution is -2.25. The first-order chi connectivity index (χ1) is 10.4. The number of furan rings is 1. The summed E-state index contributed by atoms with van der Waals surface area (Å²) in [4.78, 5) is 25.5. The largest absolute Gasteiger partial charge is 0.433 e. The van der Waals surface area contributed by atoms with Crippen molar-refractivity contribution in [1.29, 1.82) is 0 Å². The van der Waals surface area contributed by atoms with Gasteiger partial charge in [-0.1, -0.05) is 12.1 Å². The van der Waals surface area contributed by atoms with Gasteiger partial charge in [-0.3, -0.25) is 14.9 Å². The van der Waals surface area contributed by atoms with Crippen LogP contribution in [0.15, 0.2) is 40.8 Å². The highest BCUT2D eigenvalue weighted by Gasteiger charge is 2.20. The summed E-state index contributed by atoms with van der Waals surface area (Å²) in [7, 11) is 5.53. The summed E-state index contributed by atoms with van der Waals surface area (Å²) >= 11 is 0. The monoisotopic (exact) mass is 303 g/mol. The van der Waals surface area contributed by atoms with Gasteiger partial charge in [0.25, 0.3) is 5.91 Å². The highest BCUT2D eigenvalue weighted by atomic mass is 16.6. The van der Waals surface area contributed by atoms with E-state index in [0.29, 0.717) is 6.54 Å². The number of carbonyl (C=O) groups excluding carboxylic acids is 1. The van der Waals surface area contributed by atoms with Crippen LogP contribution in [0.25, 0.3) is 0 Å². The fourth-order valence-electron chi connectivity index (χ4n) is 1.97. The standard InChI is InChI=1S/C15H17N3O4/c1-16(2)12-6-4-11(5-7-12)10-17(3)15(19)13-8-9-14(22-13)18(20)21/h4-9H,10H2,1-3H3. The predicted molar refractivity (Wildman–Crippen MR) is 81.9 cm³/mol. The predicted octanol–water partition coefficient (Wildman–Crippen LogP) is 2.53. The Morgan fingerprint density at radius 3 is 2.27 bits per heavy atom. The van der Waals surface area contributed by atoms with Gasteiger partial charge in [0.1, 0.15) is 4.92 Å². The minimum absolute atomic E-state index is 0.0425. The fourth-order valence-corrected chi connectivity index (χ4v) is 1.97. The molecule has 1 heterocycles. The van der Waals surface area contributed by atoms with Gasteiger partial charge in [-0.05, 0) is 23.8 Å². The van der Waals surface area contributed by atoms with Crippen LogP contribution in [0.4, 0.5) is 11.6 Å². The maximum atomic E-state index is 12.2. The molecular formula is C15H17N3O4. The zero-order valence-electron chi connectivity index (χ0n) is 12.6. The van der Waals surface area contributed by atoms with E-state index in [-0.39, 0.29) is 5.76 Å². The molecule has 2 rings (SSSR count). The molecular weight excluding hydrogens is 286 g/mol. The molecule has 0 bridgehead atoms. The number of nitrogens with zero attached hydrogens (tertiary/aromatic N) is 3. The van der Waals surface area contributed by atoms with Crippen LogP contribution in [-0.4, -0.2) is 36.9 Å². The van der Waals surface area contributed by atoms with Gasteiger partial charge in [0.05, 0.1) is 6.07 Å². The number of rotatable bonds is 5. The van der Waals surface area contributed by atoms with Crippen molar-refractivity contribution in [2.45, 2.75) is 6.54 Å². The smallest absolute Gasteiger partial charge is 0.395 e. The van der Waals surface area contributed by atoms with Gasteiger partial charge in [0, 0.05) is 33.4 Å². The molecule has 1 aromatic carbocycles. The van der Waals surface area contributed by atoms with Crippen LogP contribution >= 0.6 is 0 Å². The Balaban J connectivity index is 2.05. The first-order valence-electron chi connectivity index (χ1n) is 6.64. The van der Waals surface area contributed by atoms with E-state index in [1.54, 1.807) is 7.05 Å². The van der Waals surface area contributed by atoms with Gasteiger partial charge < -0.3 is 14.2 Å². The Labute approximate surface area is 127 Å². The summed E-state index contributed by atoms with van der Waals surface area (Å²) in [6, 6.07) is 10.3. The van der Waals surface area contributed by atoms with E-state index in [4.69, 9.17) is 4.42 Å². The highest BCUT2D eigenvalue weighted by Crippen LogP contribution is 2.18. The van der Waals surface area contributed by atoms with Crippen LogP contribution in [-0.2, 0) is 6.54 Å². The molecule has 0 aliphatic heterocycles. The van der Waals surface area contributed by atoms with Gasteiger partial charge in [-0.15, -0.1) is 0 Å². The molecule has 0 unspecified atom stereocenters. The second-order valence-electron chi connectivity index (χ2n) is 5.12. The van der Waals surface area contributed by atoms with E-state index in [2.05, 4.69) is 0 Å². The first-order valence-corrected chi connectivity index (χ1v) is 6.64. The third-order valence-corrected chi connectivity index (χ3v) is 3.20. The van der Waals surface area contributed by atoms with Gasteiger partial charge in [0.2, 0.25) is 0 Å². The topological polar surface area (TPSA) is 79.8 Å². The Kier molecular flexibility index (Phi) is 4.45. The number of hydrogen-bond donors (Lipinski definition) is 0. The summed E-state index contributed by atoms with van der Waals surface area (Å²) < 4.78 is 4.92. The maximum Gasteiger partial charge on any atom is 0.433 e. The van der Waals surface area contributed by atoms with Gasteiger partial charge >= 0.3 is 5.88 Å². The van der Waals surface area contributed by atoms with E-state index < -0.39 is 16.7 Å². The van der Waals surface area contributed by atoms with Crippen molar-refractivity contribution in [3.63, 3.8) is 0 Å². The molecule has 22 heavy (non-hydrogen) atoms. The Morgan fingerprint density at radius 2 is 1.77 bits per heavy atom. The molecule has 0 saturated heterocycles. The summed E-state index contributed by atoms with van der Waals surface area (Å²) in [5.74, 6) is -0.879. The molecule has 0 saturated carbocycles. The van der Waals surface area contributed by atoms with Gasteiger partial charge in [0.15, 0.2) is 5.76 Å². The molecule has 0 radical (unpaired) electrons. The number of amides is 1. The lowest BCUT2D eigenvalue weighted by Gasteiger charge is -2.17. The van der Waals surface area contributed by atoms with Gasteiger partial charge in [-0.25, -0.2) is 0 Å². The molecule has 0 N–H and O–H groups in total. The van der Waals surface area contributed by atoms with E-state index in [0.717, 1.165) is 11.3 Å². The molecule has 0 spiro atoms. The van der Waals surface area contributed by atoms with Crippen LogP contribution < -0.4 is 4.90 Å². The second kappa shape index (κ2) is 6.30. The van der Waals surface area contributed by atoms with Crippen LogP contribution in [0.3, 0.4) is 0 Å². The van der Waals surface area contributed by atoms with Crippen molar-refractivity contribution in [2.75, 3.05) is 26.0 Å². The average molecular weight is 303 g/mol. The van der Waals surface area contributed by atoms with Crippen molar-refractivity contribution in [1.82, 2.24) is 4.90 Å². The van der Waals surface area contributed by atoms with E-state index in [1.807, 2.05) is 43.3 Å². The van der Waals surface area contributed by atoms with Crippen molar-refractivity contribution < 1.29 is 14.1 Å². The van der Waals surface area contributed by atoms with E-state index >= 15 is 0 Å². The zero-order valence-corrected chi connectivity index (χ0v) is 12.6. The quantitative estimate of drug-likeness (QED) is 0.626. The SMILES string of the molecule is CN(Cc1ccc(N(C)C)cc1)C(=O)c1ccc([N+](=O)[O-])o1. The highest BCUT2D eigenvalue weighted by molar-refractivity contribution is 5.91. The van der Waals surface area contributed by atoms with Crippen molar-refractivity contribution in [3.05, 3.63) is 57.8 Å². The molecule has 0 aliphatic carbocycles. The average Bonchev–Trinajstić information content (AvgIpc) is 2.97. The number of hydrogen-bond acceptors (Lipinski definition) is 5.